The quantitative estimate of drug-likeness (QED) is 0.503. The van der Waals surface area contributed by atoms with E-state index >= 15 is 0 Å². The maximum Gasteiger partial charge on any atom is 0.137 e. The average Bonchev–Trinajstić information content (AvgIpc) is 3.42. The first-order valence-electron chi connectivity index (χ1n) is 8.82. The molecule has 0 radical (unpaired) electrons. The number of hydrogen-bond acceptors (Lipinski definition) is 5. The van der Waals surface area contributed by atoms with Crippen LogP contribution in [-0.2, 0) is 17.6 Å². The third-order valence-corrected chi connectivity index (χ3v) is 4.36. The summed E-state index contributed by atoms with van der Waals surface area (Å²) in [6.07, 6.45) is 3.88. The fraction of sp³-hybridized carbons (Fsp3) is 0.200. The number of H-pyrrole nitrogens is 2. The molecule has 2 N–H and O–H groups in total. The van der Waals surface area contributed by atoms with Gasteiger partial charge in [-0.15, -0.1) is 0 Å². The molecule has 136 valence electrons. The number of aromatic nitrogens is 6. The number of aromatic amines is 2. The van der Waals surface area contributed by atoms with Crippen molar-refractivity contribution in [1.82, 2.24) is 30.4 Å². The molecule has 0 spiro atoms. The van der Waals surface area contributed by atoms with E-state index in [1.807, 2.05) is 36.4 Å². The molecule has 0 bridgehead atoms. The molecule has 4 rings (SSSR count). The Labute approximate surface area is 156 Å². The molecule has 0 amide bonds. The van der Waals surface area contributed by atoms with E-state index in [1.165, 1.54) is 12.7 Å². The fourth-order valence-corrected chi connectivity index (χ4v) is 3.03. The van der Waals surface area contributed by atoms with Crippen molar-refractivity contribution < 1.29 is 4.74 Å². The molecule has 2 aromatic heterocycles. The van der Waals surface area contributed by atoms with Gasteiger partial charge >= 0.3 is 0 Å². The maximum absolute atomic E-state index is 6.59. The third kappa shape index (κ3) is 4.45. The SMILES string of the molecule is c1ccc(C(Cc2ncn[nH]2)OC(Cc2ncn[nH]2)c2ccccc2)cc1. The van der Waals surface area contributed by atoms with Crippen LogP contribution in [0.4, 0.5) is 0 Å². The molecule has 0 saturated carbocycles. The van der Waals surface area contributed by atoms with Gasteiger partial charge in [-0.3, -0.25) is 10.2 Å². The molecule has 2 heterocycles. The lowest BCUT2D eigenvalue weighted by Crippen LogP contribution is -2.16. The molecule has 0 aliphatic carbocycles. The van der Waals surface area contributed by atoms with E-state index in [4.69, 9.17) is 4.74 Å². The van der Waals surface area contributed by atoms with Gasteiger partial charge in [0, 0.05) is 12.8 Å². The Morgan fingerprint density at radius 2 is 1.11 bits per heavy atom. The zero-order valence-corrected chi connectivity index (χ0v) is 14.7. The summed E-state index contributed by atoms with van der Waals surface area (Å²) in [4.78, 5) is 8.52. The van der Waals surface area contributed by atoms with Crippen molar-refractivity contribution in [3.63, 3.8) is 0 Å². The first kappa shape index (κ1) is 17.1. The van der Waals surface area contributed by atoms with Gasteiger partial charge in [-0.2, -0.15) is 10.2 Å². The molecule has 0 saturated heterocycles. The number of nitrogens with one attached hydrogen (secondary N) is 2. The highest BCUT2D eigenvalue weighted by atomic mass is 16.5. The van der Waals surface area contributed by atoms with Crippen LogP contribution in [0.3, 0.4) is 0 Å². The number of hydrogen-bond donors (Lipinski definition) is 2. The standard InChI is InChI=1S/C20H20N6O/c1-3-7-15(8-4-1)17(11-19-21-13-23-25-19)27-18(12-20-22-14-24-26-20)16-9-5-2-6-10-16/h1-10,13-14,17-18H,11-12H2,(H,21,23,25)(H,22,24,26). The first-order chi connectivity index (χ1) is 13.4. The number of nitrogens with zero attached hydrogens (tertiary/aromatic N) is 4. The van der Waals surface area contributed by atoms with Crippen LogP contribution >= 0.6 is 0 Å². The Balaban J connectivity index is 1.62. The lowest BCUT2D eigenvalue weighted by Gasteiger charge is -2.25. The molecule has 2 atom stereocenters. The molecular formula is C20H20N6O. The van der Waals surface area contributed by atoms with Gasteiger partial charge in [-0.1, -0.05) is 60.7 Å². The Hall–Kier alpha value is -3.32. The monoisotopic (exact) mass is 360 g/mol. The maximum atomic E-state index is 6.59. The van der Waals surface area contributed by atoms with Crippen LogP contribution in [0.25, 0.3) is 0 Å². The van der Waals surface area contributed by atoms with E-state index in [0.29, 0.717) is 12.8 Å². The Bertz CT molecular complexity index is 832. The van der Waals surface area contributed by atoms with Gasteiger partial charge in [0.1, 0.15) is 24.3 Å². The average molecular weight is 360 g/mol. The van der Waals surface area contributed by atoms with E-state index in [0.717, 1.165) is 22.8 Å². The minimum atomic E-state index is -0.174. The second kappa shape index (κ2) is 8.37. The summed E-state index contributed by atoms with van der Waals surface area (Å²) in [5.74, 6) is 1.57. The lowest BCUT2D eigenvalue weighted by molar-refractivity contribution is -0.0167. The molecule has 7 nitrogen and oxygen atoms in total. The minimum Gasteiger partial charge on any atom is -0.365 e. The topological polar surface area (TPSA) is 92.4 Å². The van der Waals surface area contributed by atoms with Crippen molar-refractivity contribution in [2.24, 2.45) is 0 Å². The summed E-state index contributed by atoms with van der Waals surface area (Å²) in [7, 11) is 0. The summed E-state index contributed by atoms with van der Waals surface area (Å²) in [5.41, 5.74) is 2.18. The molecule has 2 aromatic carbocycles. The van der Waals surface area contributed by atoms with Crippen molar-refractivity contribution in [1.29, 1.82) is 0 Å². The molecule has 27 heavy (non-hydrogen) atoms. The van der Waals surface area contributed by atoms with Crippen molar-refractivity contribution in [2.75, 3.05) is 0 Å². The van der Waals surface area contributed by atoms with E-state index in [-0.39, 0.29) is 12.2 Å². The van der Waals surface area contributed by atoms with Crippen LogP contribution in [-0.4, -0.2) is 30.4 Å². The van der Waals surface area contributed by atoms with E-state index in [1.54, 1.807) is 0 Å². The third-order valence-electron chi connectivity index (χ3n) is 4.36. The molecule has 0 fully saturated rings. The van der Waals surface area contributed by atoms with E-state index in [9.17, 15) is 0 Å². The van der Waals surface area contributed by atoms with Crippen LogP contribution in [0.2, 0.25) is 0 Å². The van der Waals surface area contributed by atoms with Crippen molar-refractivity contribution in [3.05, 3.63) is 96.1 Å². The number of benzene rings is 2. The highest BCUT2D eigenvalue weighted by molar-refractivity contribution is 5.21. The second-order valence-corrected chi connectivity index (χ2v) is 6.21. The predicted octanol–water partition coefficient (Wildman–Crippen LogP) is 3.21. The molecule has 0 aliphatic rings. The molecule has 4 aromatic rings. The van der Waals surface area contributed by atoms with Crippen molar-refractivity contribution >= 4 is 0 Å². The van der Waals surface area contributed by atoms with Crippen LogP contribution < -0.4 is 0 Å². The Kier molecular flexibility index (Phi) is 5.31. The van der Waals surface area contributed by atoms with Gasteiger partial charge in [-0.25, -0.2) is 9.97 Å². The van der Waals surface area contributed by atoms with Crippen LogP contribution in [0.1, 0.15) is 35.0 Å². The molecule has 0 aliphatic heterocycles. The largest absolute Gasteiger partial charge is 0.365 e. The van der Waals surface area contributed by atoms with Crippen LogP contribution in [0, 0.1) is 0 Å². The number of rotatable bonds is 8. The fourth-order valence-electron chi connectivity index (χ4n) is 3.03. The van der Waals surface area contributed by atoms with Gasteiger partial charge in [-0.05, 0) is 11.1 Å². The van der Waals surface area contributed by atoms with E-state index in [2.05, 4.69) is 54.6 Å². The normalized spacial score (nSPS) is 13.3. The van der Waals surface area contributed by atoms with Gasteiger partial charge in [0.15, 0.2) is 0 Å². The zero-order valence-electron chi connectivity index (χ0n) is 14.7. The number of ether oxygens (including phenoxy) is 1. The summed E-state index contributed by atoms with van der Waals surface area (Å²) in [6.45, 7) is 0. The predicted molar refractivity (Wildman–Crippen MR) is 99.6 cm³/mol. The summed E-state index contributed by atoms with van der Waals surface area (Å²) < 4.78 is 6.59. The first-order valence-corrected chi connectivity index (χ1v) is 8.82. The Morgan fingerprint density at radius 3 is 1.48 bits per heavy atom. The summed E-state index contributed by atoms with van der Waals surface area (Å²) in [6, 6.07) is 20.3. The Morgan fingerprint density at radius 1 is 0.667 bits per heavy atom. The minimum absolute atomic E-state index is 0.174. The lowest BCUT2D eigenvalue weighted by atomic mass is 10.0. The zero-order chi connectivity index (χ0) is 18.3. The molecular weight excluding hydrogens is 340 g/mol. The molecule has 7 heteroatoms. The second-order valence-electron chi connectivity index (χ2n) is 6.21. The highest BCUT2D eigenvalue weighted by Gasteiger charge is 2.22. The summed E-state index contributed by atoms with van der Waals surface area (Å²) in [5, 5.41) is 13.8. The van der Waals surface area contributed by atoms with Crippen molar-refractivity contribution in [3.8, 4) is 0 Å². The summed E-state index contributed by atoms with van der Waals surface area (Å²) >= 11 is 0. The molecule has 2 unspecified atom stereocenters. The van der Waals surface area contributed by atoms with Crippen LogP contribution in [0.5, 0.6) is 0 Å². The van der Waals surface area contributed by atoms with Crippen LogP contribution in [0.15, 0.2) is 73.3 Å². The van der Waals surface area contributed by atoms with Gasteiger partial charge < -0.3 is 4.74 Å². The van der Waals surface area contributed by atoms with Gasteiger partial charge in [0.25, 0.3) is 0 Å². The highest BCUT2D eigenvalue weighted by Crippen LogP contribution is 2.30. The van der Waals surface area contributed by atoms with Gasteiger partial charge in [0.2, 0.25) is 0 Å². The van der Waals surface area contributed by atoms with Crippen molar-refractivity contribution in [2.45, 2.75) is 25.0 Å². The smallest absolute Gasteiger partial charge is 0.137 e. The van der Waals surface area contributed by atoms with Gasteiger partial charge in [0.05, 0.1) is 12.2 Å². The van der Waals surface area contributed by atoms with E-state index < -0.39 is 0 Å².